The first kappa shape index (κ1) is 20.0. The van der Waals surface area contributed by atoms with E-state index in [1.807, 2.05) is 31.2 Å². The summed E-state index contributed by atoms with van der Waals surface area (Å²) >= 11 is 6.00. The minimum atomic E-state index is -0.0755. The molecule has 2 aliphatic rings. The molecular weight excluding hydrogens is 386 g/mol. The van der Waals surface area contributed by atoms with Crippen LogP contribution in [0.4, 0.5) is 0 Å². The Bertz CT molecular complexity index is 913. The summed E-state index contributed by atoms with van der Waals surface area (Å²) in [5, 5.41) is 0.739. The first-order chi connectivity index (χ1) is 14.0. The van der Waals surface area contributed by atoms with Gasteiger partial charge in [-0.3, -0.25) is 24.4 Å². The van der Waals surface area contributed by atoms with Gasteiger partial charge in [0.05, 0.1) is 18.3 Å². The molecule has 0 unspecified atom stereocenters. The monoisotopic (exact) mass is 411 g/mol. The van der Waals surface area contributed by atoms with Crippen molar-refractivity contribution in [2.45, 2.75) is 45.1 Å². The standard InChI is InChI=1S/C23H26ClN3O2/c1-16-12-18(13-17-6-8-19(24)9-7-17)14-20(25-16)21-4-2-10-26(21)15-23(29)27-11-3-5-22(27)28/h6-9,12,14,21H,2-5,10-11,13,15H2,1H3/t21-/m1/s1. The zero-order chi connectivity index (χ0) is 20.4. The number of amides is 2. The fourth-order valence-electron chi connectivity index (χ4n) is 4.40. The number of halogens is 1. The lowest BCUT2D eigenvalue weighted by molar-refractivity contribution is -0.142. The van der Waals surface area contributed by atoms with Gasteiger partial charge in [-0.15, -0.1) is 0 Å². The van der Waals surface area contributed by atoms with Crippen molar-refractivity contribution in [3.05, 3.63) is 63.9 Å². The molecule has 2 saturated heterocycles. The number of pyridine rings is 1. The maximum absolute atomic E-state index is 12.6. The number of hydrogen-bond donors (Lipinski definition) is 0. The highest BCUT2D eigenvalue weighted by Crippen LogP contribution is 2.32. The van der Waals surface area contributed by atoms with Crippen molar-refractivity contribution in [2.75, 3.05) is 19.6 Å². The molecule has 1 atom stereocenters. The number of hydrogen-bond acceptors (Lipinski definition) is 4. The highest BCUT2D eigenvalue weighted by atomic mass is 35.5. The second-order valence-electron chi connectivity index (χ2n) is 8.02. The van der Waals surface area contributed by atoms with Crippen LogP contribution in [-0.2, 0) is 16.0 Å². The summed E-state index contributed by atoms with van der Waals surface area (Å²) in [5.74, 6) is -0.113. The number of carbonyl (C=O) groups is 2. The van der Waals surface area contributed by atoms with Crippen LogP contribution in [0.5, 0.6) is 0 Å². The highest BCUT2D eigenvalue weighted by Gasteiger charge is 2.33. The second-order valence-corrected chi connectivity index (χ2v) is 8.45. The number of benzene rings is 1. The van der Waals surface area contributed by atoms with Crippen LogP contribution in [0.25, 0.3) is 0 Å². The molecule has 152 valence electrons. The van der Waals surface area contributed by atoms with Crippen LogP contribution in [0.2, 0.25) is 5.02 Å². The van der Waals surface area contributed by atoms with E-state index in [4.69, 9.17) is 16.6 Å². The molecule has 2 aromatic rings. The molecule has 0 aliphatic carbocycles. The molecule has 1 aromatic carbocycles. The minimum absolute atomic E-state index is 0.0373. The van der Waals surface area contributed by atoms with Crippen molar-refractivity contribution in [2.24, 2.45) is 0 Å². The van der Waals surface area contributed by atoms with Crippen molar-refractivity contribution in [1.82, 2.24) is 14.8 Å². The topological polar surface area (TPSA) is 53.5 Å². The van der Waals surface area contributed by atoms with E-state index in [2.05, 4.69) is 17.0 Å². The van der Waals surface area contributed by atoms with E-state index < -0.39 is 0 Å². The molecule has 0 saturated carbocycles. The van der Waals surface area contributed by atoms with Gasteiger partial charge in [0, 0.05) is 23.7 Å². The maximum atomic E-state index is 12.6. The molecule has 0 radical (unpaired) electrons. The van der Waals surface area contributed by atoms with Gasteiger partial charge in [0.1, 0.15) is 0 Å². The smallest absolute Gasteiger partial charge is 0.243 e. The Hall–Kier alpha value is -2.24. The summed E-state index contributed by atoms with van der Waals surface area (Å²) in [6.45, 7) is 3.73. The Labute approximate surface area is 176 Å². The van der Waals surface area contributed by atoms with Crippen LogP contribution in [-0.4, -0.2) is 46.2 Å². The van der Waals surface area contributed by atoms with E-state index in [9.17, 15) is 9.59 Å². The summed E-state index contributed by atoms with van der Waals surface area (Å²) in [4.78, 5) is 32.9. The zero-order valence-electron chi connectivity index (χ0n) is 16.7. The predicted octanol–water partition coefficient (Wildman–Crippen LogP) is 3.92. The molecule has 2 amide bonds. The van der Waals surface area contributed by atoms with Crippen LogP contribution in [0.1, 0.15) is 54.2 Å². The maximum Gasteiger partial charge on any atom is 0.243 e. The van der Waals surface area contributed by atoms with E-state index in [0.717, 1.165) is 48.6 Å². The Kier molecular flexibility index (Phi) is 5.97. The average molecular weight is 412 g/mol. The van der Waals surface area contributed by atoms with Crippen molar-refractivity contribution in [3.63, 3.8) is 0 Å². The first-order valence-electron chi connectivity index (χ1n) is 10.3. The number of aryl methyl sites for hydroxylation is 1. The molecule has 6 heteroatoms. The molecule has 3 heterocycles. The third kappa shape index (κ3) is 4.68. The summed E-state index contributed by atoms with van der Waals surface area (Å²) in [6.07, 6.45) is 4.11. The normalized spacial score (nSPS) is 19.9. The van der Waals surface area contributed by atoms with Gasteiger partial charge in [-0.2, -0.15) is 0 Å². The lowest BCUT2D eigenvalue weighted by atomic mass is 10.0. The molecular formula is C23H26ClN3O2. The highest BCUT2D eigenvalue weighted by molar-refractivity contribution is 6.30. The van der Waals surface area contributed by atoms with Crippen LogP contribution >= 0.6 is 11.6 Å². The number of carbonyl (C=O) groups excluding carboxylic acids is 2. The largest absolute Gasteiger partial charge is 0.286 e. The summed E-state index contributed by atoms with van der Waals surface area (Å²) in [5.41, 5.74) is 4.42. The van der Waals surface area contributed by atoms with Crippen molar-refractivity contribution in [3.8, 4) is 0 Å². The Balaban J connectivity index is 1.50. The van der Waals surface area contributed by atoms with Gasteiger partial charge in [0.2, 0.25) is 11.8 Å². The van der Waals surface area contributed by atoms with E-state index in [-0.39, 0.29) is 17.9 Å². The fourth-order valence-corrected chi connectivity index (χ4v) is 4.53. The molecule has 1 aromatic heterocycles. The van der Waals surface area contributed by atoms with Crippen LogP contribution < -0.4 is 0 Å². The SMILES string of the molecule is Cc1cc(Cc2ccc(Cl)cc2)cc([C@H]2CCCN2CC(=O)N2CCCC2=O)n1. The molecule has 29 heavy (non-hydrogen) atoms. The van der Waals surface area contributed by atoms with Crippen LogP contribution in [0.3, 0.4) is 0 Å². The van der Waals surface area contributed by atoms with Gasteiger partial charge in [0.25, 0.3) is 0 Å². The second kappa shape index (κ2) is 8.64. The van der Waals surface area contributed by atoms with Crippen molar-refractivity contribution >= 4 is 23.4 Å². The van der Waals surface area contributed by atoms with Gasteiger partial charge in [-0.05, 0) is 74.5 Å². The van der Waals surface area contributed by atoms with Crippen LogP contribution in [0, 0.1) is 6.92 Å². The molecule has 0 N–H and O–H groups in total. The number of nitrogens with zero attached hydrogens (tertiary/aromatic N) is 3. The molecule has 0 spiro atoms. The summed E-state index contributed by atoms with van der Waals surface area (Å²) in [6, 6.07) is 12.3. The van der Waals surface area contributed by atoms with Gasteiger partial charge in [-0.1, -0.05) is 23.7 Å². The summed E-state index contributed by atoms with van der Waals surface area (Å²) in [7, 11) is 0. The molecule has 5 nitrogen and oxygen atoms in total. The fraction of sp³-hybridized carbons (Fsp3) is 0.435. The van der Waals surface area contributed by atoms with E-state index in [1.54, 1.807) is 0 Å². The Morgan fingerprint density at radius 1 is 1.14 bits per heavy atom. The zero-order valence-corrected chi connectivity index (χ0v) is 17.5. The van der Waals surface area contributed by atoms with Gasteiger partial charge in [0.15, 0.2) is 0 Å². The Morgan fingerprint density at radius 2 is 1.93 bits per heavy atom. The third-order valence-electron chi connectivity index (χ3n) is 5.77. The lowest BCUT2D eigenvalue weighted by Gasteiger charge is -2.26. The first-order valence-corrected chi connectivity index (χ1v) is 10.7. The number of likely N-dealkylation sites (tertiary alicyclic amines) is 2. The predicted molar refractivity (Wildman–Crippen MR) is 113 cm³/mol. The molecule has 2 fully saturated rings. The third-order valence-corrected chi connectivity index (χ3v) is 6.02. The quantitative estimate of drug-likeness (QED) is 0.748. The van der Waals surface area contributed by atoms with Crippen molar-refractivity contribution < 1.29 is 9.59 Å². The van der Waals surface area contributed by atoms with E-state index >= 15 is 0 Å². The number of rotatable bonds is 5. The lowest BCUT2D eigenvalue weighted by Crippen LogP contribution is -2.40. The molecule has 2 aliphatic heterocycles. The molecule has 0 bridgehead atoms. The summed E-state index contributed by atoms with van der Waals surface area (Å²) < 4.78 is 0. The minimum Gasteiger partial charge on any atom is -0.286 e. The van der Waals surface area contributed by atoms with Crippen LogP contribution in [0.15, 0.2) is 36.4 Å². The van der Waals surface area contributed by atoms with Gasteiger partial charge < -0.3 is 0 Å². The van der Waals surface area contributed by atoms with Gasteiger partial charge in [-0.25, -0.2) is 0 Å². The number of aromatic nitrogens is 1. The Morgan fingerprint density at radius 3 is 2.66 bits per heavy atom. The number of imide groups is 1. The van der Waals surface area contributed by atoms with Crippen molar-refractivity contribution in [1.29, 1.82) is 0 Å². The van der Waals surface area contributed by atoms with E-state index in [0.29, 0.717) is 19.5 Å². The van der Waals surface area contributed by atoms with Gasteiger partial charge >= 0.3 is 0 Å². The molecule has 4 rings (SSSR count). The van der Waals surface area contributed by atoms with E-state index in [1.165, 1.54) is 16.0 Å². The average Bonchev–Trinajstić information content (AvgIpc) is 3.32.